The summed E-state index contributed by atoms with van der Waals surface area (Å²) >= 11 is 1.74. The van der Waals surface area contributed by atoms with Crippen LogP contribution in [0.4, 0.5) is 0 Å². The molecule has 3 aromatic rings. The van der Waals surface area contributed by atoms with Crippen molar-refractivity contribution in [2.45, 2.75) is 25.3 Å². The van der Waals surface area contributed by atoms with E-state index < -0.39 is 0 Å². The van der Waals surface area contributed by atoms with Crippen LogP contribution in [0.1, 0.15) is 28.3 Å². The highest BCUT2D eigenvalue weighted by molar-refractivity contribution is 7.09. The highest BCUT2D eigenvalue weighted by Crippen LogP contribution is 2.17. The Morgan fingerprint density at radius 3 is 2.67 bits per heavy atom. The lowest BCUT2D eigenvalue weighted by Gasteiger charge is -2.06. The summed E-state index contributed by atoms with van der Waals surface area (Å²) in [7, 11) is 0. The SMILES string of the molecule is NC(Cc1ccccc1)c1nnc(CCc2cccs2)o1. The molecule has 4 nitrogen and oxygen atoms in total. The molecule has 5 heteroatoms. The van der Waals surface area contributed by atoms with Gasteiger partial charge in [0, 0.05) is 11.3 Å². The number of aryl methyl sites for hydroxylation is 2. The number of benzene rings is 1. The Labute approximate surface area is 127 Å². The van der Waals surface area contributed by atoms with E-state index in [4.69, 9.17) is 10.2 Å². The predicted octanol–water partition coefficient (Wildman–Crippen LogP) is 3.16. The monoisotopic (exact) mass is 299 g/mol. The van der Waals surface area contributed by atoms with Gasteiger partial charge in [0.1, 0.15) is 0 Å². The van der Waals surface area contributed by atoms with Gasteiger partial charge in [0.05, 0.1) is 6.04 Å². The molecular weight excluding hydrogens is 282 g/mol. The molecule has 0 amide bonds. The minimum Gasteiger partial charge on any atom is -0.424 e. The molecule has 1 aromatic carbocycles. The van der Waals surface area contributed by atoms with Gasteiger partial charge in [-0.15, -0.1) is 21.5 Å². The molecule has 0 radical (unpaired) electrons. The normalized spacial score (nSPS) is 12.4. The number of nitrogens with two attached hydrogens (primary N) is 1. The summed E-state index contributed by atoms with van der Waals surface area (Å²) in [5.74, 6) is 1.17. The van der Waals surface area contributed by atoms with E-state index in [1.807, 2.05) is 30.3 Å². The van der Waals surface area contributed by atoms with Crippen molar-refractivity contribution in [2.24, 2.45) is 5.73 Å². The zero-order chi connectivity index (χ0) is 14.5. The Hall–Kier alpha value is -1.98. The Morgan fingerprint density at radius 1 is 1.05 bits per heavy atom. The lowest BCUT2D eigenvalue weighted by atomic mass is 10.1. The third-order valence-electron chi connectivity index (χ3n) is 3.26. The van der Waals surface area contributed by atoms with Crippen LogP contribution >= 0.6 is 11.3 Å². The van der Waals surface area contributed by atoms with Crippen LogP contribution in [0.3, 0.4) is 0 Å². The van der Waals surface area contributed by atoms with Crippen molar-refractivity contribution in [3.05, 3.63) is 70.1 Å². The predicted molar refractivity (Wildman–Crippen MR) is 83.1 cm³/mol. The first-order valence-corrected chi connectivity index (χ1v) is 7.83. The van der Waals surface area contributed by atoms with E-state index in [1.165, 1.54) is 10.4 Å². The molecule has 0 saturated heterocycles. The van der Waals surface area contributed by atoms with Crippen molar-refractivity contribution in [2.75, 3.05) is 0 Å². The maximum Gasteiger partial charge on any atom is 0.233 e. The zero-order valence-corrected chi connectivity index (χ0v) is 12.4. The molecule has 0 fully saturated rings. The molecule has 1 unspecified atom stereocenters. The van der Waals surface area contributed by atoms with Crippen LogP contribution in [-0.4, -0.2) is 10.2 Å². The van der Waals surface area contributed by atoms with E-state index >= 15 is 0 Å². The standard InChI is InChI=1S/C16H17N3OS/c17-14(11-12-5-2-1-3-6-12)16-19-18-15(20-16)9-8-13-7-4-10-21-13/h1-7,10,14H,8-9,11,17H2. The molecule has 0 saturated carbocycles. The maximum atomic E-state index is 6.14. The molecule has 2 aromatic heterocycles. The fourth-order valence-electron chi connectivity index (χ4n) is 2.16. The smallest absolute Gasteiger partial charge is 0.233 e. The van der Waals surface area contributed by atoms with Crippen LogP contribution in [0.15, 0.2) is 52.3 Å². The Morgan fingerprint density at radius 2 is 1.90 bits per heavy atom. The molecule has 1 atom stereocenters. The van der Waals surface area contributed by atoms with E-state index in [2.05, 4.69) is 27.7 Å². The van der Waals surface area contributed by atoms with Gasteiger partial charge in [-0.2, -0.15) is 0 Å². The average molecular weight is 299 g/mol. The summed E-state index contributed by atoms with van der Waals surface area (Å²) in [6, 6.07) is 14.0. The van der Waals surface area contributed by atoms with E-state index in [1.54, 1.807) is 11.3 Å². The van der Waals surface area contributed by atoms with Gasteiger partial charge in [0.15, 0.2) is 0 Å². The molecule has 0 aliphatic heterocycles. The number of hydrogen-bond donors (Lipinski definition) is 1. The first kappa shape index (κ1) is 14.0. The second-order valence-electron chi connectivity index (χ2n) is 4.91. The molecule has 2 heterocycles. The van der Waals surface area contributed by atoms with Crippen LogP contribution in [0.25, 0.3) is 0 Å². The Balaban J connectivity index is 1.59. The Bertz CT molecular complexity index is 664. The van der Waals surface area contributed by atoms with E-state index in [-0.39, 0.29) is 6.04 Å². The lowest BCUT2D eigenvalue weighted by Crippen LogP contribution is -2.13. The van der Waals surface area contributed by atoms with Gasteiger partial charge >= 0.3 is 0 Å². The molecule has 21 heavy (non-hydrogen) atoms. The molecule has 2 N–H and O–H groups in total. The van der Waals surface area contributed by atoms with E-state index in [9.17, 15) is 0 Å². The minimum atomic E-state index is -0.254. The number of rotatable bonds is 6. The third kappa shape index (κ3) is 3.77. The fraction of sp³-hybridized carbons (Fsp3) is 0.250. The summed E-state index contributed by atoms with van der Waals surface area (Å²) in [6.07, 6.45) is 2.38. The lowest BCUT2D eigenvalue weighted by molar-refractivity contribution is 0.416. The van der Waals surface area contributed by atoms with Crippen LogP contribution in [0.2, 0.25) is 0 Å². The molecule has 0 aliphatic carbocycles. The highest BCUT2D eigenvalue weighted by atomic mass is 32.1. The second kappa shape index (κ2) is 6.65. The topological polar surface area (TPSA) is 64.9 Å². The summed E-state index contributed by atoms with van der Waals surface area (Å²) in [4.78, 5) is 1.32. The van der Waals surface area contributed by atoms with Gasteiger partial charge in [-0.25, -0.2) is 0 Å². The van der Waals surface area contributed by atoms with Gasteiger partial charge in [0.25, 0.3) is 0 Å². The van der Waals surface area contributed by atoms with Crippen LogP contribution in [-0.2, 0) is 19.3 Å². The summed E-state index contributed by atoms with van der Waals surface area (Å²) in [5.41, 5.74) is 7.31. The molecular formula is C16H17N3OS. The summed E-state index contributed by atoms with van der Waals surface area (Å²) < 4.78 is 5.67. The number of thiophene rings is 1. The summed E-state index contributed by atoms with van der Waals surface area (Å²) in [5, 5.41) is 10.2. The third-order valence-corrected chi connectivity index (χ3v) is 4.20. The summed E-state index contributed by atoms with van der Waals surface area (Å²) in [6.45, 7) is 0. The van der Waals surface area contributed by atoms with Gasteiger partial charge in [-0.1, -0.05) is 36.4 Å². The van der Waals surface area contributed by atoms with Crippen LogP contribution < -0.4 is 5.73 Å². The first-order valence-electron chi connectivity index (χ1n) is 6.95. The Kier molecular flexibility index (Phi) is 4.43. The second-order valence-corrected chi connectivity index (χ2v) is 5.94. The van der Waals surface area contributed by atoms with Crippen molar-refractivity contribution in [1.29, 1.82) is 0 Å². The van der Waals surface area contributed by atoms with Crippen molar-refractivity contribution < 1.29 is 4.42 Å². The maximum absolute atomic E-state index is 6.14. The first-order chi connectivity index (χ1) is 10.3. The van der Waals surface area contributed by atoms with Gasteiger partial charge in [-0.3, -0.25) is 0 Å². The molecule has 108 valence electrons. The zero-order valence-electron chi connectivity index (χ0n) is 11.6. The van der Waals surface area contributed by atoms with Crippen molar-refractivity contribution in [3.8, 4) is 0 Å². The molecule has 0 spiro atoms. The number of nitrogens with zero attached hydrogens (tertiary/aromatic N) is 2. The molecule has 0 bridgehead atoms. The van der Waals surface area contributed by atoms with Crippen LogP contribution in [0.5, 0.6) is 0 Å². The van der Waals surface area contributed by atoms with Gasteiger partial charge < -0.3 is 10.2 Å². The van der Waals surface area contributed by atoms with E-state index in [0.717, 1.165) is 12.8 Å². The van der Waals surface area contributed by atoms with Crippen molar-refractivity contribution in [3.63, 3.8) is 0 Å². The number of hydrogen-bond acceptors (Lipinski definition) is 5. The molecule has 0 aliphatic rings. The highest BCUT2D eigenvalue weighted by Gasteiger charge is 2.15. The fourth-order valence-corrected chi connectivity index (χ4v) is 2.87. The average Bonchev–Trinajstić information content (AvgIpc) is 3.18. The quantitative estimate of drug-likeness (QED) is 0.759. The number of aromatic nitrogens is 2. The van der Waals surface area contributed by atoms with Crippen molar-refractivity contribution in [1.82, 2.24) is 10.2 Å². The van der Waals surface area contributed by atoms with E-state index in [0.29, 0.717) is 18.2 Å². The van der Waals surface area contributed by atoms with Gasteiger partial charge in [0.2, 0.25) is 11.8 Å². The largest absolute Gasteiger partial charge is 0.424 e. The van der Waals surface area contributed by atoms with Crippen molar-refractivity contribution >= 4 is 11.3 Å². The van der Waals surface area contributed by atoms with Gasteiger partial charge in [-0.05, 0) is 29.9 Å². The minimum absolute atomic E-state index is 0.254. The van der Waals surface area contributed by atoms with Crippen LogP contribution in [0, 0.1) is 0 Å². The molecule has 3 rings (SSSR count).